The van der Waals surface area contributed by atoms with E-state index in [1.807, 2.05) is 6.07 Å². The molecule has 0 saturated carbocycles. The van der Waals surface area contributed by atoms with Gasteiger partial charge in [-0.05, 0) is 19.1 Å². The predicted octanol–water partition coefficient (Wildman–Crippen LogP) is 2.97. The molecule has 2 unspecified atom stereocenters. The number of benzene rings is 1. The number of fused-ring (bicyclic) bond motifs is 1. The molecule has 0 aliphatic carbocycles. The number of carbonyl (C=O) groups excluding carboxylic acids is 1. The average molecular weight is 304 g/mol. The molecule has 0 spiro atoms. The van der Waals surface area contributed by atoms with Crippen LogP contribution in [0.3, 0.4) is 0 Å². The fourth-order valence-electron chi connectivity index (χ4n) is 2.15. The minimum Gasteiger partial charge on any atom is -0.492 e. The molecule has 1 aromatic rings. The summed E-state index contributed by atoms with van der Waals surface area (Å²) in [7, 11) is 1.37. The number of hydrogen-bond donors (Lipinski definition) is 1. The molecular formula is C13H15Cl2NO3. The van der Waals surface area contributed by atoms with Gasteiger partial charge < -0.3 is 9.47 Å². The third kappa shape index (κ3) is 3.14. The van der Waals surface area contributed by atoms with E-state index in [0.717, 1.165) is 12.0 Å². The van der Waals surface area contributed by atoms with Gasteiger partial charge in [0.1, 0.15) is 11.8 Å². The summed E-state index contributed by atoms with van der Waals surface area (Å²) in [6.07, 6.45) is 0.741. The Morgan fingerprint density at radius 1 is 1.53 bits per heavy atom. The Labute approximate surface area is 122 Å². The largest absolute Gasteiger partial charge is 0.492 e. The first kappa shape index (κ1) is 14.4. The molecule has 104 valence electrons. The number of halogens is 2. The van der Waals surface area contributed by atoms with Crippen molar-refractivity contribution in [1.29, 1.82) is 0 Å². The second-order valence-electron chi connectivity index (χ2n) is 4.41. The van der Waals surface area contributed by atoms with Crippen LogP contribution in [0.1, 0.15) is 24.9 Å². The molecule has 1 aliphatic heterocycles. The standard InChI is InChI=1S/C13H15Cl2NO3/c1-7(13(17)18-2)16-11-3-4-19-12-9(11)5-8(14)6-10(12)15/h5-7,11,16H,3-4H2,1-2H3. The number of hydrogen-bond acceptors (Lipinski definition) is 4. The molecule has 4 nitrogen and oxygen atoms in total. The van der Waals surface area contributed by atoms with Crippen LogP contribution in [0.25, 0.3) is 0 Å². The topological polar surface area (TPSA) is 47.6 Å². The van der Waals surface area contributed by atoms with Gasteiger partial charge in [0.2, 0.25) is 0 Å². The molecule has 2 atom stereocenters. The van der Waals surface area contributed by atoms with Crippen LogP contribution in [-0.4, -0.2) is 25.7 Å². The molecule has 0 radical (unpaired) electrons. The first-order chi connectivity index (χ1) is 9.02. The zero-order chi connectivity index (χ0) is 14.0. The molecule has 6 heteroatoms. The number of nitrogens with one attached hydrogen (secondary N) is 1. The van der Waals surface area contributed by atoms with E-state index < -0.39 is 6.04 Å². The summed E-state index contributed by atoms with van der Waals surface area (Å²) in [6, 6.07) is 3.02. The van der Waals surface area contributed by atoms with Crippen molar-refractivity contribution in [1.82, 2.24) is 5.32 Å². The average Bonchev–Trinajstić information content (AvgIpc) is 2.38. The summed E-state index contributed by atoms with van der Waals surface area (Å²) in [5.74, 6) is 0.327. The van der Waals surface area contributed by atoms with Gasteiger partial charge in [-0.1, -0.05) is 23.2 Å². The molecule has 1 heterocycles. The van der Waals surface area contributed by atoms with Crippen LogP contribution in [0.2, 0.25) is 10.0 Å². The van der Waals surface area contributed by atoms with E-state index >= 15 is 0 Å². The van der Waals surface area contributed by atoms with Gasteiger partial charge >= 0.3 is 5.97 Å². The lowest BCUT2D eigenvalue weighted by molar-refractivity contribution is -0.142. The highest BCUT2D eigenvalue weighted by atomic mass is 35.5. The van der Waals surface area contributed by atoms with Crippen molar-refractivity contribution in [2.45, 2.75) is 25.4 Å². The number of rotatable bonds is 3. The predicted molar refractivity (Wildman–Crippen MR) is 73.9 cm³/mol. The zero-order valence-electron chi connectivity index (χ0n) is 10.7. The Morgan fingerprint density at radius 2 is 2.26 bits per heavy atom. The van der Waals surface area contributed by atoms with E-state index in [9.17, 15) is 4.79 Å². The lowest BCUT2D eigenvalue weighted by Gasteiger charge is -2.29. The molecule has 0 aromatic heterocycles. The van der Waals surface area contributed by atoms with Gasteiger partial charge in [0.15, 0.2) is 0 Å². The van der Waals surface area contributed by atoms with Crippen molar-refractivity contribution in [3.63, 3.8) is 0 Å². The van der Waals surface area contributed by atoms with Gasteiger partial charge in [0, 0.05) is 23.0 Å². The van der Waals surface area contributed by atoms with Gasteiger partial charge in [-0.3, -0.25) is 10.1 Å². The molecule has 2 rings (SSSR count). The van der Waals surface area contributed by atoms with Gasteiger partial charge in [0.25, 0.3) is 0 Å². The number of carbonyl (C=O) groups is 1. The van der Waals surface area contributed by atoms with Crippen molar-refractivity contribution in [2.75, 3.05) is 13.7 Å². The molecule has 0 fully saturated rings. The van der Waals surface area contributed by atoms with E-state index in [0.29, 0.717) is 22.4 Å². The van der Waals surface area contributed by atoms with Gasteiger partial charge in [-0.2, -0.15) is 0 Å². The van der Waals surface area contributed by atoms with Crippen LogP contribution < -0.4 is 10.1 Å². The maximum Gasteiger partial charge on any atom is 0.322 e. The maximum absolute atomic E-state index is 11.5. The molecule has 1 N–H and O–H groups in total. The van der Waals surface area contributed by atoms with E-state index in [1.165, 1.54) is 7.11 Å². The van der Waals surface area contributed by atoms with Crippen LogP contribution in [0, 0.1) is 0 Å². The van der Waals surface area contributed by atoms with E-state index in [4.69, 9.17) is 32.7 Å². The molecule has 0 bridgehead atoms. The molecule has 19 heavy (non-hydrogen) atoms. The Kier molecular flexibility index (Phi) is 4.55. The van der Waals surface area contributed by atoms with Crippen molar-refractivity contribution in [2.24, 2.45) is 0 Å². The SMILES string of the molecule is COC(=O)C(C)NC1CCOc2c(Cl)cc(Cl)cc21. The molecule has 0 amide bonds. The molecule has 0 saturated heterocycles. The smallest absolute Gasteiger partial charge is 0.322 e. The van der Waals surface area contributed by atoms with Crippen molar-refractivity contribution >= 4 is 29.2 Å². The second kappa shape index (κ2) is 5.99. The van der Waals surface area contributed by atoms with Crippen LogP contribution in [0.4, 0.5) is 0 Å². The molecular weight excluding hydrogens is 289 g/mol. The third-order valence-electron chi connectivity index (χ3n) is 3.07. The number of methoxy groups -OCH3 is 1. The normalized spacial score (nSPS) is 19.3. The highest BCUT2D eigenvalue weighted by Gasteiger charge is 2.27. The van der Waals surface area contributed by atoms with Crippen LogP contribution in [0.5, 0.6) is 5.75 Å². The molecule has 1 aliphatic rings. The zero-order valence-corrected chi connectivity index (χ0v) is 12.2. The van der Waals surface area contributed by atoms with Gasteiger partial charge in [0.05, 0.1) is 18.7 Å². The minimum absolute atomic E-state index is 0.0333. The Balaban J connectivity index is 2.25. The first-order valence-electron chi connectivity index (χ1n) is 5.98. The summed E-state index contributed by atoms with van der Waals surface area (Å²) < 4.78 is 10.3. The van der Waals surface area contributed by atoms with E-state index in [-0.39, 0.29) is 12.0 Å². The van der Waals surface area contributed by atoms with Crippen molar-refractivity contribution in [3.05, 3.63) is 27.7 Å². The molecule has 1 aromatic carbocycles. The minimum atomic E-state index is -0.404. The van der Waals surface area contributed by atoms with Crippen LogP contribution in [0.15, 0.2) is 12.1 Å². The van der Waals surface area contributed by atoms with Crippen molar-refractivity contribution in [3.8, 4) is 5.75 Å². The highest BCUT2D eigenvalue weighted by Crippen LogP contribution is 2.40. The highest BCUT2D eigenvalue weighted by molar-refractivity contribution is 6.35. The summed E-state index contributed by atoms with van der Waals surface area (Å²) in [6.45, 7) is 2.30. The summed E-state index contributed by atoms with van der Waals surface area (Å²) in [5.41, 5.74) is 0.875. The lowest BCUT2D eigenvalue weighted by atomic mass is 9.99. The van der Waals surface area contributed by atoms with Crippen molar-refractivity contribution < 1.29 is 14.3 Å². The summed E-state index contributed by atoms with van der Waals surface area (Å²) >= 11 is 12.1. The van der Waals surface area contributed by atoms with E-state index in [2.05, 4.69) is 5.32 Å². The lowest BCUT2D eigenvalue weighted by Crippen LogP contribution is -2.39. The monoisotopic (exact) mass is 303 g/mol. The fourth-order valence-corrected chi connectivity index (χ4v) is 2.71. The number of ether oxygens (including phenoxy) is 2. The van der Waals surface area contributed by atoms with Crippen LogP contribution in [-0.2, 0) is 9.53 Å². The van der Waals surface area contributed by atoms with Gasteiger partial charge in [-0.15, -0.1) is 0 Å². The maximum atomic E-state index is 11.5. The third-order valence-corrected chi connectivity index (χ3v) is 3.57. The fraction of sp³-hybridized carbons (Fsp3) is 0.462. The van der Waals surface area contributed by atoms with E-state index in [1.54, 1.807) is 13.0 Å². The second-order valence-corrected chi connectivity index (χ2v) is 5.25. The summed E-state index contributed by atoms with van der Waals surface area (Å²) in [5, 5.41) is 4.24. The quantitative estimate of drug-likeness (QED) is 0.872. The Hall–Kier alpha value is -0.970. The van der Waals surface area contributed by atoms with Crippen LogP contribution >= 0.6 is 23.2 Å². The first-order valence-corrected chi connectivity index (χ1v) is 6.74. The Morgan fingerprint density at radius 3 is 2.95 bits per heavy atom. The Bertz CT molecular complexity index is 493. The van der Waals surface area contributed by atoms with Gasteiger partial charge in [-0.25, -0.2) is 0 Å². The number of esters is 1. The summed E-state index contributed by atoms with van der Waals surface area (Å²) in [4.78, 5) is 11.5.